The van der Waals surface area contributed by atoms with Crippen LogP contribution in [-0.2, 0) is 0 Å². The summed E-state index contributed by atoms with van der Waals surface area (Å²) >= 11 is 9.09. The lowest BCUT2D eigenvalue weighted by Gasteiger charge is -1.92. The van der Waals surface area contributed by atoms with Gasteiger partial charge in [-0.1, -0.05) is 11.6 Å². The largest absolute Gasteiger partial charge is 0.424 e. The van der Waals surface area contributed by atoms with Gasteiger partial charge in [-0.15, -0.1) is 0 Å². The summed E-state index contributed by atoms with van der Waals surface area (Å²) in [5, 5.41) is 0.582. The van der Waals surface area contributed by atoms with E-state index in [9.17, 15) is 0 Å². The minimum atomic E-state index is 0.152. The van der Waals surface area contributed by atoms with Gasteiger partial charge in [-0.2, -0.15) is 4.98 Å². The van der Waals surface area contributed by atoms with Gasteiger partial charge in [0.25, 0.3) is 6.01 Å². The van der Waals surface area contributed by atoms with Crippen LogP contribution in [0.5, 0.6) is 0 Å². The Morgan fingerprint density at radius 3 is 3.00 bits per heavy atom. The summed E-state index contributed by atoms with van der Waals surface area (Å²) in [7, 11) is 0. The molecule has 0 aliphatic rings. The molecule has 0 bridgehead atoms. The van der Waals surface area contributed by atoms with Gasteiger partial charge < -0.3 is 10.2 Å². The molecular weight excluding hydrogens is 243 g/mol. The van der Waals surface area contributed by atoms with Crippen LogP contribution in [0.4, 0.5) is 6.01 Å². The van der Waals surface area contributed by atoms with Crippen LogP contribution in [-0.4, -0.2) is 4.98 Å². The van der Waals surface area contributed by atoms with E-state index in [-0.39, 0.29) is 6.01 Å². The smallest absolute Gasteiger partial charge is 0.292 e. The number of nitrogen functional groups attached to an aromatic ring is 1. The Morgan fingerprint density at radius 1 is 1.50 bits per heavy atom. The molecule has 62 valence electrons. The number of aromatic nitrogens is 1. The van der Waals surface area contributed by atoms with Gasteiger partial charge in [-0.3, -0.25) is 0 Å². The summed E-state index contributed by atoms with van der Waals surface area (Å²) in [6, 6.07) is 3.58. The fraction of sp³-hybridized carbons (Fsp3) is 0. The maximum atomic E-state index is 5.82. The average Bonchev–Trinajstić information content (AvgIpc) is 2.30. The highest BCUT2D eigenvalue weighted by molar-refractivity contribution is 9.10. The molecule has 0 amide bonds. The SMILES string of the molecule is Nc1nc2cc(Br)c(Cl)cc2o1. The number of nitrogens with zero attached hydrogens (tertiary/aromatic N) is 1. The van der Waals surface area contributed by atoms with E-state index in [2.05, 4.69) is 20.9 Å². The highest BCUT2D eigenvalue weighted by Gasteiger charge is 2.05. The van der Waals surface area contributed by atoms with Crippen molar-refractivity contribution in [1.29, 1.82) is 0 Å². The molecule has 12 heavy (non-hydrogen) atoms. The molecule has 0 radical (unpaired) electrons. The molecule has 0 aliphatic carbocycles. The van der Waals surface area contributed by atoms with Crippen LogP contribution >= 0.6 is 27.5 Å². The second-order valence-electron chi connectivity index (χ2n) is 2.29. The van der Waals surface area contributed by atoms with Crippen molar-refractivity contribution in [2.45, 2.75) is 0 Å². The van der Waals surface area contributed by atoms with E-state index >= 15 is 0 Å². The highest BCUT2D eigenvalue weighted by Crippen LogP contribution is 2.28. The molecule has 1 heterocycles. The second-order valence-corrected chi connectivity index (χ2v) is 3.55. The van der Waals surface area contributed by atoms with Gasteiger partial charge in [0.2, 0.25) is 0 Å². The van der Waals surface area contributed by atoms with E-state index in [4.69, 9.17) is 21.8 Å². The first-order chi connectivity index (χ1) is 5.66. The molecule has 1 aromatic heterocycles. The zero-order valence-electron chi connectivity index (χ0n) is 5.84. The molecule has 0 spiro atoms. The maximum Gasteiger partial charge on any atom is 0.292 e. The normalized spacial score (nSPS) is 10.8. The van der Waals surface area contributed by atoms with Crippen molar-refractivity contribution in [3.8, 4) is 0 Å². The molecule has 2 rings (SSSR count). The van der Waals surface area contributed by atoms with Gasteiger partial charge in [0, 0.05) is 10.5 Å². The minimum absolute atomic E-state index is 0.152. The monoisotopic (exact) mass is 246 g/mol. The van der Waals surface area contributed by atoms with Crippen LogP contribution in [0, 0.1) is 0 Å². The fourth-order valence-corrected chi connectivity index (χ4v) is 1.43. The highest BCUT2D eigenvalue weighted by atomic mass is 79.9. The Labute approximate surface area is 81.6 Å². The van der Waals surface area contributed by atoms with Gasteiger partial charge in [0.1, 0.15) is 5.52 Å². The predicted molar refractivity (Wildman–Crippen MR) is 51.1 cm³/mol. The molecule has 1 aromatic carbocycles. The summed E-state index contributed by atoms with van der Waals surface area (Å²) in [6.07, 6.45) is 0. The van der Waals surface area contributed by atoms with E-state index < -0.39 is 0 Å². The number of anilines is 1. The van der Waals surface area contributed by atoms with Gasteiger partial charge >= 0.3 is 0 Å². The minimum Gasteiger partial charge on any atom is -0.424 e. The van der Waals surface area contributed by atoms with E-state index in [1.165, 1.54) is 0 Å². The molecule has 0 atom stereocenters. The van der Waals surface area contributed by atoms with Crippen LogP contribution in [0.25, 0.3) is 11.1 Å². The lowest BCUT2D eigenvalue weighted by molar-refractivity contribution is 0.626. The third-order valence-corrected chi connectivity index (χ3v) is 2.64. The molecular formula is C7H4BrClN2O. The van der Waals surface area contributed by atoms with Crippen molar-refractivity contribution in [3.05, 3.63) is 21.6 Å². The summed E-state index contributed by atoms with van der Waals surface area (Å²) in [4.78, 5) is 3.94. The lowest BCUT2D eigenvalue weighted by Crippen LogP contribution is -1.80. The zero-order valence-corrected chi connectivity index (χ0v) is 8.19. The summed E-state index contributed by atoms with van der Waals surface area (Å²) < 4.78 is 5.85. The summed E-state index contributed by atoms with van der Waals surface area (Å²) in [6.45, 7) is 0. The first-order valence-corrected chi connectivity index (χ1v) is 4.35. The summed E-state index contributed by atoms with van der Waals surface area (Å²) in [5.41, 5.74) is 6.65. The zero-order chi connectivity index (χ0) is 8.72. The maximum absolute atomic E-state index is 5.82. The van der Waals surface area contributed by atoms with Gasteiger partial charge in [-0.05, 0) is 22.0 Å². The lowest BCUT2D eigenvalue weighted by atomic mass is 10.3. The number of rotatable bonds is 0. The number of halogens is 2. The van der Waals surface area contributed by atoms with Crippen LogP contribution in [0.3, 0.4) is 0 Å². The molecule has 2 aromatic rings. The Hall–Kier alpha value is -0.740. The quantitative estimate of drug-likeness (QED) is 0.779. The third kappa shape index (κ3) is 1.17. The molecule has 5 heteroatoms. The molecule has 0 saturated heterocycles. The first-order valence-electron chi connectivity index (χ1n) is 3.18. The van der Waals surface area contributed by atoms with Crippen LogP contribution in [0.15, 0.2) is 21.0 Å². The molecule has 0 unspecified atom stereocenters. The van der Waals surface area contributed by atoms with Crippen molar-refractivity contribution in [2.75, 3.05) is 5.73 Å². The van der Waals surface area contributed by atoms with Gasteiger partial charge in [0.05, 0.1) is 5.02 Å². The van der Waals surface area contributed by atoms with E-state index in [1.54, 1.807) is 12.1 Å². The Bertz CT molecular complexity index is 401. The van der Waals surface area contributed by atoms with Gasteiger partial charge in [0.15, 0.2) is 5.58 Å². The topological polar surface area (TPSA) is 52.0 Å². The number of nitrogens with two attached hydrogens (primary N) is 1. The van der Waals surface area contributed by atoms with Crippen LogP contribution in [0.1, 0.15) is 0 Å². The standard InChI is InChI=1S/C7H4BrClN2O/c8-3-1-5-6(2-4(3)9)12-7(10)11-5/h1-2H,(H2,10,11). The first kappa shape index (κ1) is 7.89. The number of hydrogen-bond donors (Lipinski definition) is 1. The molecule has 3 nitrogen and oxygen atoms in total. The predicted octanol–water partition coefficient (Wildman–Crippen LogP) is 2.83. The summed E-state index contributed by atoms with van der Waals surface area (Å²) in [5.74, 6) is 0. The van der Waals surface area contributed by atoms with Crippen molar-refractivity contribution >= 4 is 44.6 Å². The molecule has 0 aliphatic heterocycles. The number of benzene rings is 1. The van der Waals surface area contributed by atoms with Crippen molar-refractivity contribution in [2.24, 2.45) is 0 Å². The number of hydrogen-bond acceptors (Lipinski definition) is 3. The molecule has 2 N–H and O–H groups in total. The van der Waals surface area contributed by atoms with Crippen molar-refractivity contribution in [3.63, 3.8) is 0 Å². The van der Waals surface area contributed by atoms with E-state index in [1.807, 2.05) is 0 Å². The fourth-order valence-electron chi connectivity index (χ4n) is 0.941. The third-order valence-electron chi connectivity index (χ3n) is 1.45. The number of oxazole rings is 1. The molecule has 0 saturated carbocycles. The molecule has 0 fully saturated rings. The van der Waals surface area contributed by atoms with Gasteiger partial charge in [-0.25, -0.2) is 0 Å². The Balaban J connectivity index is 2.83. The van der Waals surface area contributed by atoms with Crippen LogP contribution in [0.2, 0.25) is 5.02 Å². The van der Waals surface area contributed by atoms with E-state index in [0.29, 0.717) is 16.1 Å². The Morgan fingerprint density at radius 2 is 2.25 bits per heavy atom. The van der Waals surface area contributed by atoms with E-state index in [0.717, 1.165) is 4.47 Å². The van der Waals surface area contributed by atoms with Crippen molar-refractivity contribution in [1.82, 2.24) is 4.98 Å². The number of fused-ring (bicyclic) bond motifs is 1. The Kier molecular flexibility index (Phi) is 1.73. The van der Waals surface area contributed by atoms with Crippen molar-refractivity contribution < 1.29 is 4.42 Å². The average molecular weight is 247 g/mol. The second kappa shape index (κ2) is 2.64. The van der Waals surface area contributed by atoms with Crippen LogP contribution < -0.4 is 5.73 Å².